The molecule has 0 saturated carbocycles. The van der Waals surface area contributed by atoms with Crippen molar-refractivity contribution in [3.8, 4) is 0 Å². The molecule has 1 unspecified atom stereocenters. The summed E-state index contributed by atoms with van der Waals surface area (Å²) in [4.78, 5) is 13.1. The lowest BCUT2D eigenvalue weighted by Crippen LogP contribution is -2.41. The fraction of sp³-hybridized carbons (Fsp3) is 0.471. The first-order chi connectivity index (χ1) is 9.85. The third kappa shape index (κ3) is 4.83. The summed E-state index contributed by atoms with van der Waals surface area (Å²) >= 11 is 1.81. The van der Waals surface area contributed by atoms with Gasteiger partial charge in [-0.3, -0.25) is 4.79 Å². The van der Waals surface area contributed by atoms with Crippen molar-refractivity contribution >= 4 is 27.3 Å². The van der Waals surface area contributed by atoms with E-state index < -0.39 is 0 Å². The molecule has 3 nitrogen and oxygen atoms in total. The molecule has 0 bridgehead atoms. The zero-order valence-electron chi connectivity index (χ0n) is 13.2. The standard InChI is InChI=1S/C17H24N2OS/c1-12(18-10-9-16(20)19-17(2,3)4)15-11-13-7-5-6-8-14(13)21-15/h5-8,11-12,18H,9-10H2,1-4H3,(H,19,20). The molecule has 2 aromatic rings. The van der Waals surface area contributed by atoms with Crippen LogP contribution in [0.3, 0.4) is 0 Å². The topological polar surface area (TPSA) is 41.1 Å². The van der Waals surface area contributed by atoms with Gasteiger partial charge in [-0.15, -0.1) is 11.3 Å². The molecule has 2 N–H and O–H groups in total. The average molecular weight is 304 g/mol. The summed E-state index contributed by atoms with van der Waals surface area (Å²) < 4.78 is 1.31. The Hall–Kier alpha value is -1.39. The monoisotopic (exact) mass is 304 g/mol. The van der Waals surface area contributed by atoms with E-state index in [2.05, 4.69) is 47.9 Å². The highest BCUT2D eigenvalue weighted by Crippen LogP contribution is 2.29. The summed E-state index contributed by atoms with van der Waals surface area (Å²) in [6, 6.07) is 10.9. The van der Waals surface area contributed by atoms with Crippen LogP contribution in [-0.4, -0.2) is 18.0 Å². The Morgan fingerprint density at radius 1 is 1.29 bits per heavy atom. The number of benzene rings is 1. The van der Waals surface area contributed by atoms with E-state index in [9.17, 15) is 4.79 Å². The van der Waals surface area contributed by atoms with Crippen molar-refractivity contribution in [3.05, 3.63) is 35.2 Å². The van der Waals surface area contributed by atoms with Gasteiger partial charge in [0, 0.05) is 34.1 Å². The highest BCUT2D eigenvalue weighted by Gasteiger charge is 2.14. The smallest absolute Gasteiger partial charge is 0.221 e. The lowest BCUT2D eigenvalue weighted by Gasteiger charge is -2.21. The third-order valence-corrected chi connectivity index (χ3v) is 4.49. The van der Waals surface area contributed by atoms with Gasteiger partial charge in [-0.25, -0.2) is 0 Å². The first-order valence-electron chi connectivity index (χ1n) is 7.38. The highest BCUT2D eigenvalue weighted by molar-refractivity contribution is 7.19. The molecule has 0 aliphatic rings. The third-order valence-electron chi connectivity index (χ3n) is 3.19. The maximum atomic E-state index is 11.8. The number of rotatable bonds is 5. The van der Waals surface area contributed by atoms with Crippen LogP contribution in [-0.2, 0) is 4.79 Å². The zero-order valence-corrected chi connectivity index (χ0v) is 14.0. The van der Waals surface area contributed by atoms with E-state index in [4.69, 9.17) is 0 Å². The molecule has 21 heavy (non-hydrogen) atoms. The van der Waals surface area contributed by atoms with Crippen LogP contribution in [0.25, 0.3) is 10.1 Å². The van der Waals surface area contributed by atoms with E-state index in [1.54, 1.807) is 0 Å². The van der Waals surface area contributed by atoms with Crippen molar-refractivity contribution in [2.24, 2.45) is 0 Å². The molecule has 0 radical (unpaired) electrons. The number of hydrogen-bond donors (Lipinski definition) is 2. The van der Waals surface area contributed by atoms with E-state index in [0.29, 0.717) is 13.0 Å². The minimum Gasteiger partial charge on any atom is -0.351 e. The second-order valence-corrected chi connectivity index (χ2v) is 7.53. The van der Waals surface area contributed by atoms with Gasteiger partial charge >= 0.3 is 0 Å². The van der Waals surface area contributed by atoms with E-state index >= 15 is 0 Å². The van der Waals surface area contributed by atoms with Gasteiger partial charge in [0.15, 0.2) is 0 Å². The van der Waals surface area contributed by atoms with Crippen LogP contribution in [0.15, 0.2) is 30.3 Å². The quantitative estimate of drug-likeness (QED) is 0.881. The zero-order chi connectivity index (χ0) is 15.5. The molecule has 1 atom stereocenters. The van der Waals surface area contributed by atoms with Crippen LogP contribution in [0.4, 0.5) is 0 Å². The molecule has 4 heteroatoms. The summed E-state index contributed by atoms with van der Waals surface area (Å²) in [6.07, 6.45) is 0.506. The van der Waals surface area contributed by atoms with Gasteiger partial charge in [0.05, 0.1) is 0 Å². The Labute approximate surface area is 130 Å². The molecule has 0 aliphatic carbocycles. The maximum Gasteiger partial charge on any atom is 0.221 e. The Bertz CT molecular complexity index is 580. The molecule has 1 aromatic heterocycles. The molecule has 2 rings (SSSR count). The van der Waals surface area contributed by atoms with E-state index in [1.165, 1.54) is 15.0 Å². The second kappa shape index (κ2) is 6.58. The Balaban J connectivity index is 1.84. The van der Waals surface area contributed by atoms with Crippen molar-refractivity contribution < 1.29 is 4.79 Å². The number of nitrogens with one attached hydrogen (secondary N) is 2. The van der Waals surface area contributed by atoms with E-state index in [-0.39, 0.29) is 17.5 Å². The lowest BCUT2D eigenvalue weighted by molar-refractivity contribution is -0.122. The number of carbonyl (C=O) groups excluding carboxylic acids is 1. The minimum atomic E-state index is -0.159. The van der Waals surface area contributed by atoms with E-state index in [0.717, 1.165) is 0 Å². The number of thiophene rings is 1. The fourth-order valence-electron chi connectivity index (χ4n) is 2.20. The van der Waals surface area contributed by atoms with Gasteiger partial charge < -0.3 is 10.6 Å². The molecular weight excluding hydrogens is 280 g/mol. The van der Waals surface area contributed by atoms with Crippen LogP contribution in [0.1, 0.15) is 45.0 Å². The highest BCUT2D eigenvalue weighted by atomic mass is 32.1. The number of hydrogen-bond acceptors (Lipinski definition) is 3. The van der Waals surface area contributed by atoms with Gasteiger partial charge in [-0.2, -0.15) is 0 Å². The van der Waals surface area contributed by atoms with Crippen molar-refractivity contribution in [3.63, 3.8) is 0 Å². The fourth-order valence-corrected chi connectivity index (χ4v) is 3.29. The van der Waals surface area contributed by atoms with Gasteiger partial charge in [0.25, 0.3) is 0 Å². The molecule has 1 aromatic carbocycles. The average Bonchev–Trinajstić information content (AvgIpc) is 2.80. The van der Waals surface area contributed by atoms with Gasteiger partial charge in [-0.1, -0.05) is 18.2 Å². The molecular formula is C17H24N2OS. The lowest BCUT2D eigenvalue weighted by atomic mass is 10.1. The first kappa shape index (κ1) is 16.0. The van der Waals surface area contributed by atoms with Crippen molar-refractivity contribution in [2.45, 2.75) is 45.7 Å². The van der Waals surface area contributed by atoms with E-state index in [1.807, 2.05) is 32.1 Å². The summed E-state index contributed by atoms with van der Waals surface area (Å²) in [5, 5.41) is 7.69. The molecule has 114 valence electrons. The van der Waals surface area contributed by atoms with Crippen molar-refractivity contribution in [1.29, 1.82) is 0 Å². The van der Waals surface area contributed by atoms with Crippen LogP contribution >= 0.6 is 11.3 Å². The number of amides is 1. The van der Waals surface area contributed by atoms with Crippen LogP contribution in [0, 0.1) is 0 Å². The largest absolute Gasteiger partial charge is 0.351 e. The summed E-state index contributed by atoms with van der Waals surface area (Å²) in [7, 11) is 0. The molecule has 0 saturated heterocycles. The van der Waals surface area contributed by atoms with Crippen molar-refractivity contribution in [1.82, 2.24) is 10.6 Å². The van der Waals surface area contributed by atoms with Gasteiger partial charge in [-0.05, 0) is 45.2 Å². The van der Waals surface area contributed by atoms with Crippen LogP contribution in [0.2, 0.25) is 0 Å². The normalized spacial score (nSPS) is 13.3. The predicted octanol–water partition coefficient (Wildman–Crippen LogP) is 3.86. The number of carbonyl (C=O) groups is 1. The van der Waals surface area contributed by atoms with Crippen LogP contribution < -0.4 is 10.6 Å². The molecule has 0 aliphatic heterocycles. The first-order valence-corrected chi connectivity index (χ1v) is 8.20. The van der Waals surface area contributed by atoms with Crippen molar-refractivity contribution in [2.75, 3.05) is 6.54 Å². The molecule has 1 heterocycles. The maximum absolute atomic E-state index is 11.8. The molecule has 0 fully saturated rings. The SMILES string of the molecule is CC(NCCC(=O)NC(C)(C)C)c1cc2ccccc2s1. The Morgan fingerprint density at radius 3 is 2.67 bits per heavy atom. The Kier molecular flexibility index (Phi) is 5.01. The molecule has 1 amide bonds. The van der Waals surface area contributed by atoms with Crippen LogP contribution in [0.5, 0.6) is 0 Å². The summed E-state index contributed by atoms with van der Waals surface area (Å²) in [5.41, 5.74) is -0.159. The van der Waals surface area contributed by atoms with Gasteiger partial charge in [0.1, 0.15) is 0 Å². The predicted molar refractivity (Wildman–Crippen MR) is 90.8 cm³/mol. The summed E-state index contributed by atoms with van der Waals surface area (Å²) in [6.45, 7) is 8.83. The van der Waals surface area contributed by atoms with Gasteiger partial charge in [0.2, 0.25) is 5.91 Å². The minimum absolute atomic E-state index is 0.0959. The summed E-state index contributed by atoms with van der Waals surface area (Å²) in [5.74, 6) is 0.0959. The second-order valence-electron chi connectivity index (χ2n) is 6.41. The number of fused-ring (bicyclic) bond motifs is 1. The Morgan fingerprint density at radius 2 is 2.00 bits per heavy atom. The molecule has 0 spiro atoms.